The van der Waals surface area contributed by atoms with Crippen molar-refractivity contribution in [2.45, 2.75) is 12.6 Å². The molecule has 1 aromatic rings. The number of rotatable bonds is 5. The molecule has 0 aliphatic carbocycles. The Morgan fingerprint density at radius 3 is 2.30 bits per heavy atom. The van der Waals surface area contributed by atoms with E-state index in [0.29, 0.717) is 5.69 Å². The number of alkyl halides is 3. The lowest BCUT2D eigenvalue weighted by Gasteiger charge is -2.09. The van der Waals surface area contributed by atoms with E-state index in [4.69, 9.17) is 0 Å². The van der Waals surface area contributed by atoms with Crippen LogP contribution in [0.3, 0.4) is 0 Å². The fourth-order valence-corrected chi connectivity index (χ4v) is 1.27. The van der Waals surface area contributed by atoms with E-state index in [1.54, 1.807) is 35.6 Å². The zero-order valence-corrected chi connectivity index (χ0v) is 10.5. The van der Waals surface area contributed by atoms with E-state index in [2.05, 4.69) is 10.6 Å². The lowest BCUT2D eigenvalue weighted by molar-refractivity contribution is -0.138. The van der Waals surface area contributed by atoms with Gasteiger partial charge in [0.25, 0.3) is 0 Å². The fourth-order valence-electron chi connectivity index (χ4n) is 1.27. The highest BCUT2D eigenvalue weighted by molar-refractivity contribution is 5.89. The van der Waals surface area contributed by atoms with Gasteiger partial charge in [-0.2, -0.15) is 13.2 Å². The highest BCUT2D eigenvalue weighted by Gasteiger charge is 2.27. The minimum absolute atomic E-state index is 0.0532. The first-order valence-corrected chi connectivity index (χ1v) is 5.80. The third-order valence-electron chi connectivity index (χ3n) is 2.16. The van der Waals surface area contributed by atoms with Gasteiger partial charge in [0.2, 0.25) is 5.91 Å². The van der Waals surface area contributed by atoms with Gasteiger partial charge in [-0.1, -0.05) is 18.2 Å². The van der Waals surface area contributed by atoms with Crippen LogP contribution in [0.1, 0.15) is 6.42 Å². The van der Waals surface area contributed by atoms with E-state index >= 15 is 0 Å². The standard InChI is InChI=1S/C12H14F3N3O2/c13-12(14,15)8-17-10(19)6-7-16-11(20)18-9-4-2-1-3-5-9/h1-5H,6-8H2,(H,17,19)(H2,16,18,20). The van der Waals surface area contributed by atoms with Gasteiger partial charge in [0.05, 0.1) is 0 Å². The lowest BCUT2D eigenvalue weighted by atomic mass is 10.3. The molecule has 0 unspecified atom stereocenters. The summed E-state index contributed by atoms with van der Waals surface area (Å²) in [6.07, 6.45) is -4.66. The molecule has 1 rings (SSSR count). The van der Waals surface area contributed by atoms with Gasteiger partial charge in [0.15, 0.2) is 0 Å². The first-order valence-electron chi connectivity index (χ1n) is 5.80. The van der Waals surface area contributed by atoms with E-state index in [0.717, 1.165) is 0 Å². The normalized spacial score (nSPS) is 10.8. The Bertz CT molecular complexity index is 449. The predicted molar refractivity (Wildman–Crippen MR) is 67.1 cm³/mol. The average Bonchev–Trinajstić information content (AvgIpc) is 2.37. The Morgan fingerprint density at radius 2 is 1.70 bits per heavy atom. The molecule has 0 saturated carbocycles. The molecular weight excluding hydrogens is 275 g/mol. The summed E-state index contributed by atoms with van der Waals surface area (Å²) < 4.78 is 35.4. The van der Waals surface area contributed by atoms with Crippen LogP contribution in [-0.2, 0) is 4.79 Å². The Morgan fingerprint density at radius 1 is 1.05 bits per heavy atom. The van der Waals surface area contributed by atoms with Crippen LogP contribution in [0.5, 0.6) is 0 Å². The molecule has 8 heteroatoms. The van der Waals surface area contributed by atoms with Crippen LogP contribution in [0.25, 0.3) is 0 Å². The molecule has 20 heavy (non-hydrogen) atoms. The minimum Gasteiger partial charge on any atom is -0.347 e. The smallest absolute Gasteiger partial charge is 0.347 e. The number of urea groups is 1. The van der Waals surface area contributed by atoms with Crippen molar-refractivity contribution < 1.29 is 22.8 Å². The maximum absolute atomic E-state index is 11.8. The molecular formula is C12H14F3N3O2. The molecule has 3 amide bonds. The molecule has 0 spiro atoms. The summed E-state index contributed by atoms with van der Waals surface area (Å²) in [6.45, 7) is -1.43. The monoisotopic (exact) mass is 289 g/mol. The van der Waals surface area contributed by atoms with E-state index in [-0.39, 0.29) is 13.0 Å². The second-order valence-corrected chi connectivity index (χ2v) is 3.89. The maximum Gasteiger partial charge on any atom is 0.405 e. The van der Waals surface area contributed by atoms with Crippen LogP contribution in [0.15, 0.2) is 30.3 Å². The molecule has 5 nitrogen and oxygen atoms in total. The number of nitrogens with one attached hydrogen (secondary N) is 3. The van der Waals surface area contributed by atoms with Gasteiger partial charge in [-0.25, -0.2) is 4.79 Å². The largest absolute Gasteiger partial charge is 0.405 e. The van der Waals surface area contributed by atoms with Crippen LogP contribution < -0.4 is 16.0 Å². The number of para-hydroxylation sites is 1. The summed E-state index contributed by atoms with van der Waals surface area (Å²) in [4.78, 5) is 22.4. The number of hydrogen-bond acceptors (Lipinski definition) is 2. The molecule has 0 aliphatic heterocycles. The number of benzene rings is 1. The summed E-state index contributed by atoms with van der Waals surface area (Å²) in [5.41, 5.74) is 0.575. The SMILES string of the molecule is O=C(CCNC(=O)Nc1ccccc1)NCC(F)(F)F. The minimum atomic E-state index is -4.44. The Kier molecular flexibility index (Phi) is 5.82. The van der Waals surface area contributed by atoms with Crippen molar-refractivity contribution in [3.05, 3.63) is 30.3 Å². The molecule has 0 aromatic heterocycles. The zero-order valence-electron chi connectivity index (χ0n) is 10.5. The molecule has 0 heterocycles. The number of carbonyl (C=O) groups excluding carboxylic acids is 2. The Balaban J connectivity index is 2.17. The van der Waals surface area contributed by atoms with Crippen molar-refractivity contribution in [1.29, 1.82) is 0 Å². The summed E-state index contributed by atoms with van der Waals surface area (Å²) in [5, 5.41) is 6.59. The fraction of sp³-hybridized carbons (Fsp3) is 0.333. The highest BCUT2D eigenvalue weighted by atomic mass is 19.4. The Labute approximate surface area is 113 Å². The third kappa shape index (κ3) is 7.24. The van der Waals surface area contributed by atoms with Crippen molar-refractivity contribution in [3.8, 4) is 0 Å². The summed E-state index contributed by atoms with van der Waals surface area (Å²) in [6, 6.07) is 8.08. The lowest BCUT2D eigenvalue weighted by Crippen LogP contribution is -2.37. The molecule has 1 aromatic carbocycles. The van der Waals surface area contributed by atoms with Crippen molar-refractivity contribution in [3.63, 3.8) is 0 Å². The number of carbonyl (C=O) groups is 2. The number of anilines is 1. The Hall–Kier alpha value is -2.25. The van der Waals surface area contributed by atoms with Gasteiger partial charge in [0, 0.05) is 18.7 Å². The molecule has 3 N–H and O–H groups in total. The second-order valence-electron chi connectivity index (χ2n) is 3.89. The zero-order chi connectivity index (χ0) is 15.0. The van der Waals surface area contributed by atoms with Crippen LogP contribution >= 0.6 is 0 Å². The summed E-state index contributed by atoms with van der Waals surface area (Å²) >= 11 is 0. The molecule has 0 aliphatic rings. The first kappa shape index (κ1) is 15.8. The van der Waals surface area contributed by atoms with E-state index < -0.39 is 24.7 Å². The van der Waals surface area contributed by atoms with Gasteiger partial charge in [-0.3, -0.25) is 4.79 Å². The van der Waals surface area contributed by atoms with Crippen LogP contribution in [0.4, 0.5) is 23.7 Å². The molecule has 0 fully saturated rings. The highest BCUT2D eigenvalue weighted by Crippen LogP contribution is 2.12. The third-order valence-corrected chi connectivity index (χ3v) is 2.16. The molecule has 0 atom stereocenters. The second kappa shape index (κ2) is 7.37. The van der Waals surface area contributed by atoms with Crippen molar-refractivity contribution in [2.24, 2.45) is 0 Å². The van der Waals surface area contributed by atoms with E-state index in [9.17, 15) is 22.8 Å². The van der Waals surface area contributed by atoms with Gasteiger partial charge >= 0.3 is 12.2 Å². The number of hydrogen-bond donors (Lipinski definition) is 3. The number of halogens is 3. The topological polar surface area (TPSA) is 70.2 Å². The van der Waals surface area contributed by atoms with E-state index in [1.807, 2.05) is 0 Å². The first-order chi connectivity index (χ1) is 9.37. The molecule has 0 radical (unpaired) electrons. The molecule has 0 bridgehead atoms. The van der Waals surface area contributed by atoms with Crippen LogP contribution in [-0.4, -0.2) is 31.2 Å². The van der Waals surface area contributed by atoms with E-state index in [1.165, 1.54) is 0 Å². The van der Waals surface area contributed by atoms with Crippen LogP contribution in [0.2, 0.25) is 0 Å². The molecule has 0 saturated heterocycles. The summed E-state index contributed by atoms with van der Waals surface area (Å²) in [5.74, 6) is -0.776. The number of amides is 3. The van der Waals surface area contributed by atoms with Gasteiger partial charge in [-0.15, -0.1) is 0 Å². The van der Waals surface area contributed by atoms with Crippen molar-refractivity contribution in [1.82, 2.24) is 10.6 Å². The van der Waals surface area contributed by atoms with Crippen molar-refractivity contribution >= 4 is 17.6 Å². The summed E-state index contributed by atoms with van der Waals surface area (Å²) in [7, 11) is 0. The van der Waals surface area contributed by atoms with Crippen molar-refractivity contribution in [2.75, 3.05) is 18.4 Å². The maximum atomic E-state index is 11.8. The molecule has 110 valence electrons. The average molecular weight is 289 g/mol. The van der Waals surface area contributed by atoms with Gasteiger partial charge in [0.1, 0.15) is 6.54 Å². The van der Waals surface area contributed by atoms with Gasteiger partial charge in [-0.05, 0) is 12.1 Å². The van der Waals surface area contributed by atoms with Crippen LogP contribution in [0, 0.1) is 0 Å². The quantitative estimate of drug-likeness (QED) is 0.774. The van der Waals surface area contributed by atoms with Gasteiger partial charge < -0.3 is 16.0 Å². The predicted octanol–water partition coefficient (Wildman–Crippen LogP) is 1.88.